The third-order valence-electron chi connectivity index (χ3n) is 4.99. The maximum Gasteiger partial charge on any atom is 0.321 e. The van der Waals surface area contributed by atoms with Crippen molar-refractivity contribution in [3.05, 3.63) is 83.7 Å². The standard InChI is InChI=1S/C23H21N5O3/c1-15-3-2-4-19(20(15)27-21(29)16-9-11-24-12-10-16)22(30)26-17-5-7-18(8-6-17)28-14-13-25-23(28)31/h2-12H,13-14H2,1H3,(H,25,31)(H,26,30)(H,27,29). The Morgan fingerprint density at radius 2 is 1.71 bits per heavy atom. The van der Waals surface area contributed by atoms with Crippen molar-refractivity contribution < 1.29 is 14.4 Å². The zero-order chi connectivity index (χ0) is 21.8. The van der Waals surface area contributed by atoms with E-state index in [2.05, 4.69) is 20.9 Å². The average molecular weight is 415 g/mol. The number of amides is 4. The van der Waals surface area contributed by atoms with Crippen LogP contribution in [0.5, 0.6) is 0 Å². The molecule has 1 aliphatic heterocycles. The van der Waals surface area contributed by atoms with Crippen molar-refractivity contribution in [1.29, 1.82) is 0 Å². The Labute approximate surface area is 179 Å². The van der Waals surface area contributed by atoms with Crippen molar-refractivity contribution in [1.82, 2.24) is 10.3 Å². The molecule has 0 saturated carbocycles. The highest BCUT2D eigenvalue weighted by Crippen LogP contribution is 2.24. The van der Waals surface area contributed by atoms with E-state index in [-0.39, 0.29) is 17.8 Å². The van der Waals surface area contributed by atoms with Crippen molar-refractivity contribution in [3.63, 3.8) is 0 Å². The van der Waals surface area contributed by atoms with Crippen LogP contribution in [0.15, 0.2) is 67.0 Å². The van der Waals surface area contributed by atoms with Gasteiger partial charge >= 0.3 is 6.03 Å². The summed E-state index contributed by atoms with van der Waals surface area (Å²) in [7, 11) is 0. The summed E-state index contributed by atoms with van der Waals surface area (Å²) in [6.07, 6.45) is 3.08. The van der Waals surface area contributed by atoms with E-state index in [9.17, 15) is 14.4 Å². The molecule has 0 atom stereocenters. The number of nitrogens with one attached hydrogen (secondary N) is 3. The summed E-state index contributed by atoms with van der Waals surface area (Å²) in [5, 5.41) is 8.44. The van der Waals surface area contributed by atoms with Crippen LogP contribution in [0.25, 0.3) is 0 Å². The predicted molar refractivity (Wildman–Crippen MR) is 119 cm³/mol. The fraction of sp³-hybridized carbons (Fsp3) is 0.130. The van der Waals surface area contributed by atoms with E-state index in [0.29, 0.717) is 35.6 Å². The van der Waals surface area contributed by atoms with E-state index in [1.807, 2.05) is 13.0 Å². The number of aromatic nitrogens is 1. The molecule has 1 aromatic heterocycles. The Hall–Kier alpha value is -4.20. The number of nitrogens with zero attached hydrogens (tertiary/aromatic N) is 2. The first-order valence-electron chi connectivity index (χ1n) is 9.81. The van der Waals surface area contributed by atoms with E-state index in [4.69, 9.17) is 0 Å². The minimum Gasteiger partial charge on any atom is -0.336 e. The lowest BCUT2D eigenvalue weighted by molar-refractivity contribution is 0.102. The lowest BCUT2D eigenvalue weighted by Crippen LogP contribution is -2.27. The first-order chi connectivity index (χ1) is 15.0. The minimum absolute atomic E-state index is 0.133. The van der Waals surface area contributed by atoms with E-state index >= 15 is 0 Å². The van der Waals surface area contributed by atoms with Crippen molar-refractivity contribution in [2.24, 2.45) is 0 Å². The van der Waals surface area contributed by atoms with Crippen LogP contribution in [0.3, 0.4) is 0 Å². The van der Waals surface area contributed by atoms with Gasteiger partial charge in [0.25, 0.3) is 11.8 Å². The molecule has 0 spiro atoms. The summed E-state index contributed by atoms with van der Waals surface area (Å²) in [6, 6.07) is 15.4. The molecule has 3 aromatic rings. The molecule has 4 amide bonds. The lowest BCUT2D eigenvalue weighted by Gasteiger charge is -2.16. The van der Waals surface area contributed by atoms with E-state index < -0.39 is 0 Å². The van der Waals surface area contributed by atoms with Gasteiger partial charge in [-0.05, 0) is 55.0 Å². The van der Waals surface area contributed by atoms with E-state index in [1.54, 1.807) is 53.4 Å². The van der Waals surface area contributed by atoms with E-state index in [1.165, 1.54) is 12.4 Å². The Morgan fingerprint density at radius 1 is 0.968 bits per heavy atom. The summed E-state index contributed by atoms with van der Waals surface area (Å²) in [5.41, 5.74) is 3.37. The molecule has 2 aromatic carbocycles. The van der Waals surface area contributed by atoms with Gasteiger partial charge in [0.1, 0.15) is 0 Å². The highest BCUT2D eigenvalue weighted by molar-refractivity contribution is 6.13. The second-order valence-corrected chi connectivity index (χ2v) is 7.07. The minimum atomic E-state index is -0.347. The number of urea groups is 1. The number of pyridine rings is 1. The number of carbonyl (C=O) groups excluding carboxylic acids is 3. The molecule has 3 N–H and O–H groups in total. The SMILES string of the molecule is Cc1cccc(C(=O)Nc2ccc(N3CCNC3=O)cc2)c1NC(=O)c1ccncc1. The van der Waals surface area contributed by atoms with Crippen LogP contribution < -0.4 is 20.9 Å². The van der Waals surface area contributed by atoms with Gasteiger partial charge in [-0.1, -0.05) is 12.1 Å². The second kappa shape index (κ2) is 8.66. The van der Waals surface area contributed by atoms with Crippen LogP contribution in [0.1, 0.15) is 26.3 Å². The van der Waals surface area contributed by atoms with Gasteiger partial charge in [-0.15, -0.1) is 0 Å². The Balaban J connectivity index is 1.51. The van der Waals surface area contributed by atoms with Crippen molar-refractivity contribution in [2.75, 3.05) is 28.6 Å². The van der Waals surface area contributed by atoms with Crippen molar-refractivity contribution >= 4 is 34.9 Å². The first kappa shape index (κ1) is 20.1. The Morgan fingerprint density at radius 3 is 2.39 bits per heavy atom. The molecule has 1 saturated heterocycles. The predicted octanol–water partition coefficient (Wildman–Crippen LogP) is 3.42. The van der Waals surface area contributed by atoms with Crippen molar-refractivity contribution in [3.8, 4) is 0 Å². The monoisotopic (exact) mass is 415 g/mol. The summed E-state index contributed by atoms with van der Waals surface area (Å²) in [4.78, 5) is 42.9. The molecule has 4 rings (SSSR count). The number of hydrogen-bond donors (Lipinski definition) is 3. The maximum atomic E-state index is 13.0. The fourth-order valence-corrected chi connectivity index (χ4v) is 3.35. The number of aryl methyl sites for hydroxylation is 1. The number of para-hydroxylation sites is 1. The van der Waals surface area contributed by atoms with Gasteiger partial charge in [0.05, 0.1) is 11.3 Å². The highest BCUT2D eigenvalue weighted by Gasteiger charge is 2.21. The zero-order valence-corrected chi connectivity index (χ0v) is 16.9. The number of hydrogen-bond acceptors (Lipinski definition) is 4. The van der Waals surface area contributed by atoms with Gasteiger partial charge in [-0.25, -0.2) is 4.79 Å². The number of anilines is 3. The first-order valence-corrected chi connectivity index (χ1v) is 9.81. The largest absolute Gasteiger partial charge is 0.336 e. The van der Waals surface area contributed by atoms with Gasteiger partial charge in [-0.2, -0.15) is 0 Å². The molecular weight excluding hydrogens is 394 g/mol. The summed E-state index contributed by atoms with van der Waals surface area (Å²) < 4.78 is 0. The molecule has 0 unspecified atom stereocenters. The van der Waals surface area contributed by atoms with Crippen LogP contribution in [0.4, 0.5) is 21.9 Å². The molecule has 156 valence electrons. The molecule has 2 heterocycles. The number of benzene rings is 2. The normalized spacial score (nSPS) is 12.9. The van der Waals surface area contributed by atoms with Crippen LogP contribution in [0, 0.1) is 6.92 Å². The molecule has 1 aliphatic rings. The molecule has 8 heteroatoms. The molecule has 8 nitrogen and oxygen atoms in total. The number of carbonyl (C=O) groups is 3. The van der Waals surface area contributed by atoms with Crippen molar-refractivity contribution in [2.45, 2.75) is 6.92 Å². The third-order valence-corrected chi connectivity index (χ3v) is 4.99. The Bertz CT molecular complexity index is 1130. The second-order valence-electron chi connectivity index (χ2n) is 7.07. The van der Waals surface area contributed by atoms with Crippen LogP contribution in [-0.2, 0) is 0 Å². The van der Waals surface area contributed by atoms with Gasteiger partial charge < -0.3 is 16.0 Å². The van der Waals surface area contributed by atoms with Crippen LogP contribution >= 0.6 is 0 Å². The molecule has 0 radical (unpaired) electrons. The molecular formula is C23H21N5O3. The number of rotatable bonds is 5. The Kier molecular flexibility index (Phi) is 5.61. The van der Waals surface area contributed by atoms with Gasteiger partial charge in [0.15, 0.2) is 0 Å². The fourth-order valence-electron chi connectivity index (χ4n) is 3.35. The summed E-state index contributed by atoms with van der Waals surface area (Å²) in [6.45, 7) is 3.04. The van der Waals surface area contributed by atoms with Gasteiger partial charge in [-0.3, -0.25) is 19.5 Å². The topological polar surface area (TPSA) is 103 Å². The van der Waals surface area contributed by atoms with Gasteiger partial charge in [0, 0.05) is 42.4 Å². The molecule has 1 fully saturated rings. The zero-order valence-electron chi connectivity index (χ0n) is 16.9. The molecule has 0 aliphatic carbocycles. The average Bonchev–Trinajstić information content (AvgIpc) is 3.22. The smallest absolute Gasteiger partial charge is 0.321 e. The molecule has 31 heavy (non-hydrogen) atoms. The van der Waals surface area contributed by atoms with Crippen LogP contribution in [-0.4, -0.2) is 35.9 Å². The lowest BCUT2D eigenvalue weighted by atomic mass is 10.1. The quantitative estimate of drug-likeness (QED) is 0.594. The summed E-state index contributed by atoms with van der Waals surface area (Å²) in [5.74, 6) is -0.667. The molecule has 0 bridgehead atoms. The van der Waals surface area contributed by atoms with E-state index in [0.717, 1.165) is 11.3 Å². The highest BCUT2D eigenvalue weighted by atomic mass is 16.2. The van der Waals surface area contributed by atoms with Gasteiger partial charge in [0.2, 0.25) is 0 Å². The van der Waals surface area contributed by atoms with Crippen LogP contribution in [0.2, 0.25) is 0 Å². The summed E-state index contributed by atoms with van der Waals surface area (Å²) >= 11 is 0. The maximum absolute atomic E-state index is 13.0. The third kappa shape index (κ3) is 4.37.